The number of likely N-dealkylation sites (N-methyl/N-ethyl adjacent to an activating group) is 1. The lowest BCUT2D eigenvalue weighted by molar-refractivity contribution is -0.121. The summed E-state index contributed by atoms with van der Waals surface area (Å²) in [5, 5.41) is 2.93. The molecule has 3 rings (SSSR count). The number of methoxy groups -OCH3 is 1. The third kappa shape index (κ3) is 5.02. The van der Waals surface area contributed by atoms with Gasteiger partial charge in [0.1, 0.15) is 23.4 Å². The van der Waals surface area contributed by atoms with Crippen LogP contribution >= 0.6 is 0 Å². The molecule has 1 N–H and O–H groups in total. The Hall–Kier alpha value is -3.25. The van der Waals surface area contributed by atoms with E-state index in [2.05, 4.69) is 5.32 Å². The van der Waals surface area contributed by atoms with Crippen LogP contribution in [0.1, 0.15) is 22.7 Å². The van der Waals surface area contributed by atoms with Gasteiger partial charge in [0.25, 0.3) is 0 Å². The Morgan fingerprint density at radius 2 is 1.80 bits per heavy atom. The molecular formula is C24H24F2N2O2. The lowest BCUT2D eigenvalue weighted by atomic mass is 10.0. The standard InChI is InChI=1S/C24H24F2N2O2/c1-16-9-12-22(30-3)21(13-16)27-24(29)23(17-7-5-4-6-8-17)28(2)15-18-10-11-19(25)14-20(18)26/h4-14,23H,15H2,1-3H3,(H,27,29). The largest absolute Gasteiger partial charge is 0.495 e. The summed E-state index contributed by atoms with van der Waals surface area (Å²) in [5.74, 6) is -1.01. The minimum absolute atomic E-state index is 0.129. The van der Waals surface area contributed by atoms with Crippen LogP contribution in [0.5, 0.6) is 5.75 Å². The maximum atomic E-state index is 14.2. The van der Waals surface area contributed by atoms with Crippen molar-refractivity contribution < 1.29 is 18.3 Å². The summed E-state index contributed by atoms with van der Waals surface area (Å²) in [6.45, 7) is 2.05. The Morgan fingerprint density at radius 1 is 1.07 bits per heavy atom. The molecule has 1 atom stereocenters. The van der Waals surface area contributed by atoms with E-state index in [1.165, 1.54) is 12.1 Å². The molecule has 4 nitrogen and oxygen atoms in total. The average Bonchev–Trinajstić information content (AvgIpc) is 2.71. The van der Waals surface area contributed by atoms with Crippen molar-refractivity contribution in [2.75, 3.05) is 19.5 Å². The zero-order chi connectivity index (χ0) is 21.7. The van der Waals surface area contributed by atoms with E-state index >= 15 is 0 Å². The van der Waals surface area contributed by atoms with Gasteiger partial charge in [-0.15, -0.1) is 0 Å². The van der Waals surface area contributed by atoms with Crippen LogP contribution in [0, 0.1) is 18.6 Å². The number of anilines is 1. The first-order valence-electron chi connectivity index (χ1n) is 9.53. The number of carbonyl (C=O) groups excluding carboxylic acids is 1. The summed E-state index contributed by atoms with van der Waals surface area (Å²) < 4.78 is 32.8. The number of amides is 1. The minimum Gasteiger partial charge on any atom is -0.495 e. The second-order valence-electron chi connectivity index (χ2n) is 7.16. The maximum absolute atomic E-state index is 14.2. The number of nitrogens with zero attached hydrogens (tertiary/aromatic N) is 1. The molecule has 156 valence electrons. The molecule has 0 spiro atoms. The molecular weight excluding hydrogens is 386 g/mol. The number of nitrogens with one attached hydrogen (secondary N) is 1. The van der Waals surface area contributed by atoms with Crippen molar-refractivity contribution in [1.82, 2.24) is 4.90 Å². The maximum Gasteiger partial charge on any atom is 0.246 e. The molecule has 6 heteroatoms. The van der Waals surface area contributed by atoms with Crippen molar-refractivity contribution in [3.8, 4) is 5.75 Å². The van der Waals surface area contributed by atoms with Crippen LogP contribution in [0.4, 0.5) is 14.5 Å². The Bertz CT molecular complexity index is 1020. The smallest absolute Gasteiger partial charge is 0.246 e. The molecule has 3 aromatic rings. The van der Waals surface area contributed by atoms with Gasteiger partial charge < -0.3 is 10.1 Å². The normalized spacial score (nSPS) is 11.9. The van der Waals surface area contributed by atoms with E-state index in [9.17, 15) is 13.6 Å². The number of rotatable bonds is 7. The topological polar surface area (TPSA) is 41.6 Å². The fourth-order valence-corrected chi connectivity index (χ4v) is 3.37. The summed E-state index contributed by atoms with van der Waals surface area (Å²) in [6, 6.07) is 17.5. The van der Waals surface area contributed by atoms with Crippen LogP contribution in [-0.2, 0) is 11.3 Å². The van der Waals surface area contributed by atoms with Crippen molar-refractivity contribution >= 4 is 11.6 Å². The number of halogens is 2. The number of benzene rings is 3. The van der Waals surface area contributed by atoms with E-state index in [4.69, 9.17) is 4.74 Å². The van der Waals surface area contributed by atoms with Gasteiger partial charge in [-0.05, 0) is 43.3 Å². The van der Waals surface area contributed by atoms with E-state index < -0.39 is 17.7 Å². The number of carbonyl (C=O) groups is 1. The SMILES string of the molecule is COc1ccc(C)cc1NC(=O)C(c1ccccc1)N(C)Cc1ccc(F)cc1F. The van der Waals surface area contributed by atoms with Crippen LogP contribution in [0.2, 0.25) is 0 Å². The summed E-state index contributed by atoms with van der Waals surface area (Å²) >= 11 is 0. The molecule has 1 amide bonds. The van der Waals surface area contributed by atoms with Crippen LogP contribution < -0.4 is 10.1 Å². The molecule has 30 heavy (non-hydrogen) atoms. The van der Waals surface area contributed by atoms with Crippen LogP contribution in [-0.4, -0.2) is 25.0 Å². The minimum atomic E-state index is -0.694. The van der Waals surface area contributed by atoms with Crippen LogP contribution in [0.15, 0.2) is 66.7 Å². The Morgan fingerprint density at radius 3 is 2.47 bits per heavy atom. The highest BCUT2D eigenvalue weighted by molar-refractivity contribution is 5.96. The summed E-state index contributed by atoms with van der Waals surface area (Å²) in [4.78, 5) is 15.0. The number of hydrogen-bond acceptors (Lipinski definition) is 3. The van der Waals surface area contributed by atoms with E-state index in [1.807, 2.05) is 49.4 Å². The Kier molecular flexibility index (Phi) is 6.79. The molecule has 1 unspecified atom stereocenters. The van der Waals surface area contributed by atoms with Crippen molar-refractivity contribution in [3.05, 3.63) is 95.1 Å². The van der Waals surface area contributed by atoms with Crippen molar-refractivity contribution in [2.24, 2.45) is 0 Å². The van der Waals surface area contributed by atoms with E-state index in [1.54, 1.807) is 25.1 Å². The highest BCUT2D eigenvalue weighted by Crippen LogP contribution is 2.29. The van der Waals surface area contributed by atoms with Gasteiger partial charge in [-0.3, -0.25) is 9.69 Å². The molecule has 0 bridgehead atoms. The fraction of sp³-hybridized carbons (Fsp3) is 0.208. The summed E-state index contributed by atoms with van der Waals surface area (Å²) in [6.07, 6.45) is 0. The molecule has 0 radical (unpaired) electrons. The van der Waals surface area contributed by atoms with Crippen LogP contribution in [0.3, 0.4) is 0 Å². The number of ether oxygens (including phenoxy) is 1. The second-order valence-corrected chi connectivity index (χ2v) is 7.16. The molecule has 0 saturated carbocycles. The average molecular weight is 410 g/mol. The predicted molar refractivity (Wildman–Crippen MR) is 113 cm³/mol. The number of hydrogen-bond donors (Lipinski definition) is 1. The molecule has 0 saturated heterocycles. The fourth-order valence-electron chi connectivity index (χ4n) is 3.37. The first-order valence-corrected chi connectivity index (χ1v) is 9.53. The predicted octanol–water partition coefficient (Wildman–Crippen LogP) is 5.09. The molecule has 0 heterocycles. The summed E-state index contributed by atoms with van der Waals surface area (Å²) in [5.41, 5.74) is 2.60. The summed E-state index contributed by atoms with van der Waals surface area (Å²) in [7, 11) is 3.27. The third-order valence-electron chi connectivity index (χ3n) is 4.85. The van der Waals surface area contributed by atoms with Gasteiger partial charge >= 0.3 is 0 Å². The lowest BCUT2D eigenvalue weighted by Gasteiger charge is -2.28. The van der Waals surface area contributed by atoms with Gasteiger partial charge in [0.05, 0.1) is 12.8 Å². The Balaban J connectivity index is 1.91. The highest BCUT2D eigenvalue weighted by Gasteiger charge is 2.26. The quantitative estimate of drug-likeness (QED) is 0.590. The van der Waals surface area contributed by atoms with E-state index in [-0.39, 0.29) is 12.5 Å². The zero-order valence-electron chi connectivity index (χ0n) is 17.2. The molecule has 0 aliphatic rings. The van der Waals surface area contributed by atoms with E-state index in [0.717, 1.165) is 17.2 Å². The van der Waals surface area contributed by atoms with Gasteiger partial charge in [-0.2, -0.15) is 0 Å². The number of aryl methyl sites for hydroxylation is 1. The van der Waals surface area contributed by atoms with Gasteiger partial charge in [-0.25, -0.2) is 8.78 Å². The van der Waals surface area contributed by atoms with Gasteiger partial charge in [-0.1, -0.05) is 42.5 Å². The molecule has 0 aromatic heterocycles. The first kappa shape index (κ1) is 21.5. The molecule has 3 aromatic carbocycles. The Labute approximate surface area is 175 Å². The van der Waals surface area contributed by atoms with Gasteiger partial charge in [0, 0.05) is 18.2 Å². The lowest BCUT2D eigenvalue weighted by Crippen LogP contribution is -2.34. The first-order chi connectivity index (χ1) is 14.4. The van der Waals surface area contributed by atoms with Crippen molar-refractivity contribution in [3.63, 3.8) is 0 Å². The second kappa shape index (κ2) is 9.50. The van der Waals surface area contributed by atoms with Gasteiger partial charge in [0.15, 0.2) is 0 Å². The van der Waals surface area contributed by atoms with Crippen molar-refractivity contribution in [1.29, 1.82) is 0 Å². The highest BCUT2D eigenvalue weighted by atomic mass is 19.1. The van der Waals surface area contributed by atoms with Crippen LogP contribution in [0.25, 0.3) is 0 Å². The monoisotopic (exact) mass is 410 g/mol. The molecule has 0 fully saturated rings. The van der Waals surface area contributed by atoms with Crippen molar-refractivity contribution in [2.45, 2.75) is 19.5 Å². The third-order valence-corrected chi connectivity index (χ3v) is 4.85. The molecule has 0 aliphatic carbocycles. The molecule has 0 aliphatic heterocycles. The van der Waals surface area contributed by atoms with E-state index in [0.29, 0.717) is 17.0 Å². The van der Waals surface area contributed by atoms with Gasteiger partial charge in [0.2, 0.25) is 5.91 Å². The zero-order valence-corrected chi connectivity index (χ0v) is 17.2.